The van der Waals surface area contributed by atoms with Crippen LogP contribution in [0.2, 0.25) is 0 Å². The van der Waals surface area contributed by atoms with Gasteiger partial charge < -0.3 is 14.8 Å². The van der Waals surface area contributed by atoms with Crippen LogP contribution in [-0.4, -0.2) is 44.7 Å². The summed E-state index contributed by atoms with van der Waals surface area (Å²) in [6.07, 6.45) is 4.28. The molecule has 2 aromatic carbocycles. The standard InChI is InChI=1S/C24H30N2O3/c1-18(15-19-9-5-4-6-10-19)24(27)25-17-21(26-13-7-8-14-26)20-11-12-22(28-2)23(16-20)29-3/h4-6,9-12,15-16,21H,7-8,13-14,17H2,1-3H3,(H,25,27)/b18-15+. The van der Waals surface area contributed by atoms with Gasteiger partial charge in [-0.3, -0.25) is 9.69 Å². The van der Waals surface area contributed by atoms with E-state index in [1.807, 2.05) is 55.5 Å². The first-order valence-corrected chi connectivity index (χ1v) is 10.1. The molecule has 5 nitrogen and oxygen atoms in total. The smallest absolute Gasteiger partial charge is 0.247 e. The van der Waals surface area contributed by atoms with Crippen LogP contribution in [0.5, 0.6) is 11.5 Å². The van der Waals surface area contributed by atoms with Gasteiger partial charge in [0.05, 0.1) is 20.3 Å². The highest BCUT2D eigenvalue weighted by Crippen LogP contribution is 2.33. The van der Waals surface area contributed by atoms with Crippen molar-refractivity contribution in [2.75, 3.05) is 33.9 Å². The highest BCUT2D eigenvalue weighted by molar-refractivity contribution is 5.97. The molecule has 5 heteroatoms. The van der Waals surface area contributed by atoms with Gasteiger partial charge in [0, 0.05) is 12.1 Å². The van der Waals surface area contributed by atoms with Crippen LogP contribution < -0.4 is 14.8 Å². The molecule has 154 valence electrons. The third kappa shape index (κ3) is 5.39. The maximum absolute atomic E-state index is 12.7. The minimum Gasteiger partial charge on any atom is -0.493 e. The molecule has 1 unspecified atom stereocenters. The van der Waals surface area contributed by atoms with Crippen LogP contribution in [0.4, 0.5) is 0 Å². The molecule has 0 bridgehead atoms. The Balaban J connectivity index is 1.74. The molecule has 2 aromatic rings. The van der Waals surface area contributed by atoms with Crippen molar-refractivity contribution in [1.29, 1.82) is 0 Å². The van der Waals surface area contributed by atoms with E-state index in [-0.39, 0.29) is 11.9 Å². The van der Waals surface area contributed by atoms with E-state index in [4.69, 9.17) is 9.47 Å². The van der Waals surface area contributed by atoms with Crippen molar-refractivity contribution in [2.24, 2.45) is 0 Å². The van der Waals surface area contributed by atoms with Crippen molar-refractivity contribution < 1.29 is 14.3 Å². The lowest BCUT2D eigenvalue weighted by atomic mass is 10.0. The van der Waals surface area contributed by atoms with E-state index >= 15 is 0 Å². The van der Waals surface area contributed by atoms with Crippen LogP contribution in [0.15, 0.2) is 54.1 Å². The number of benzene rings is 2. The highest BCUT2D eigenvalue weighted by atomic mass is 16.5. The number of ether oxygens (including phenoxy) is 2. The number of hydrogen-bond acceptors (Lipinski definition) is 4. The number of carbonyl (C=O) groups is 1. The Hall–Kier alpha value is -2.79. The van der Waals surface area contributed by atoms with Crippen molar-refractivity contribution in [1.82, 2.24) is 10.2 Å². The molecule has 1 atom stereocenters. The number of carbonyl (C=O) groups excluding carboxylic acids is 1. The first-order chi connectivity index (χ1) is 14.1. The summed E-state index contributed by atoms with van der Waals surface area (Å²) in [5, 5.41) is 3.12. The van der Waals surface area contributed by atoms with Gasteiger partial charge in [-0.2, -0.15) is 0 Å². The fraction of sp³-hybridized carbons (Fsp3) is 0.375. The minimum atomic E-state index is -0.0430. The monoisotopic (exact) mass is 394 g/mol. The number of likely N-dealkylation sites (tertiary alicyclic amines) is 1. The summed E-state index contributed by atoms with van der Waals surface area (Å²) in [4.78, 5) is 15.1. The average molecular weight is 395 g/mol. The lowest BCUT2D eigenvalue weighted by molar-refractivity contribution is -0.117. The molecular formula is C24H30N2O3. The summed E-state index contributed by atoms with van der Waals surface area (Å²) in [6, 6.07) is 16.0. The van der Waals surface area contributed by atoms with Gasteiger partial charge in [0.2, 0.25) is 5.91 Å². The Bertz CT molecular complexity index is 842. The summed E-state index contributed by atoms with van der Waals surface area (Å²) in [6.45, 7) is 4.47. The lowest BCUT2D eigenvalue weighted by Gasteiger charge is -2.28. The zero-order valence-electron chi connectivity index (χ0n) is 17.5. The number of methoxy groups -OCH3 is 2. The maximum Gasteiger partial charge on any atom is 0.247 e. The SMILES string of the molecule is COc1ccc(C(CNC(=O)/C(C)=C/c2ccccc2)N2CCCC2)cc1OC. The third-order valence-corrected chi connectivity index (χ3v) is 5.37. The Morgan fingerprint density at radius 2 is 1.76 bits per heavy atom. The second-order valence-corrected chi connectivity index (χ2v) is 7.32. The van der Waals surface area contributed by atoms with E-state index in [9.17, 15) is 4.79 Å². The van der Waals surface area contributed by atoms with Crippen molar-refractivity contribution in [2.45, 2.75) is 25.8 Å². The van der Waals surface area contributed by atoms with Crippen LogP contribution in [0, 0.1) is 0 Å². The van der Waals surface area contributed by atoms with Crippen LogP contribution >= 0.6 is 0 Å². The predicted molar refractivity (Wildman–Crippen MR) is 116 cm³/mol. The summed E-state index contributed by atoms with van der Waals surface area (Å²) in [5.74, 6) is 1.38. The molecule has 1 fully saturated rings. The summed E-state index contributed by atoms with van der Waals surface area (Å²) < 4.78 is 10.8. The highest BCUT2D eigenvalue weighted by Gasteiger charge is 2.25. The largest absolute Gasteiger partial charge is 0.493 e. The Morgan fingerprint density at radius 3 is 2.41 bits per heavy atom. The summed E-state index contributed by atoms with van der Waals surface area (Å²) in [7, 11) is 3.28. The number of nitrogens with zero attached hydrogens (tertiary/aromatic N) is 1. The molecule has 0 spiro atoms. The Morgan fingerprint density at radius 1 is 1.07 bits per heavy atom. The summed E-state index contributed by atoms with van der Waals surface area (Å²) in [5.41, 5.74) is 2.84. The average Bonchev–Trinajstić information content (AvgIpc) is 3.28. The van der Waals surface area contributed by atoms with Crippen molar-refractivity contribution >= 4 is 12.0 Å². The van der Waals surface area contributed by atoms with Gasteiger partial charge in [-0.15, -0.1) is 0 Å². The predicted octanol–water partition coefficient (Wildman–Crippen LogP) is 4.06. The second-order valence-electron chi connectivity index (χ2n) is 7.32. The molecule has 1 amide bonds. The van der Waals surface area contributed by atoms with Crippen LogP contribution in [0.3, 0.4) is 0 Å². The first kappa shape index (κ1) is 20.9. The fourth-order valence-corrected chi connectivity index (χ4v) is 3.76. The molecule has 1 saturated heterocycles. The Kier molecular flexibility index (Phi) is 7.30. The van der Waals surface area contributed by atoms with Gasteiger partial charge in [-0.05, 0) is 62.2 Å². The van der Waals surface area contributed by atoms with Gasteiger partial charge in [0.1, 0.15) is 0 Å². The van der Waals surface area contributed by atoms with Gasteiger partial charge in [-0.1, -0.05) is 36.4 Å². The first-order valence-electron chi connectivity index (χ1n) is 10.1. The van der Waals surface area contributed by atoms with Crippen molar-refractivity contribution in [3.63, 3.8) is 0 Å². The molecule has 29 heavy (non-hydrogen) atoms. The van der Waals surface area contributed by atoms with E-state index in [1.54, 1.807) is 14.2 Å². The lowest BCUT2D eigenvalue weighted by Crippen LogP contribution is -2.37. The molecule has 0 radical (unpaired) electrons. The van der Waals surface area contributed by atoms with Crippen LogP contribution in [0.1, 0.15) is 36.9 Å². The number of amides is 1. The number of hydrogen-bond donors (Lipinski definition) is 1. The third-order valence-electron chi connectivity index (χ3n) is 5.37. The number of nitrogens with one attached hydrogen (secondary N) is 1. The van der Waals surface area contributed by atoms with Gasteiger partial charge >= 0.3 is 0 Å². The summed E-state index contributed by atoms with van der Waals surface area (Å²) >= 11 is 0. The van der Waals surface area contributed by atoms with E-state index in [0.29, 0.717) is 23.6 Å². The van der Waals surface area contributed by atoms with E-state index in [2.05, 4.69) is 16.3 Å². The van der Waals surface area contributed by atoms with Gasteiger partial charge in [0.15, 0.2) is 11.5 Å². The maximum atomic E-state index is 12.7. The van der Waals surface area contributed by atoms with E-state index in [1.165, 1.54) is 12.8 Å². The Labute approximate surface area is 173 Å². The van der Waals surface area contributed by atoms with Gasteiger partial charge in [0.25, 0.3) is 0 Å². The topological polar surface area (TPSA) is 50.8 Å². The van der Waals surface area contributed by atoms with E-state index < -0.39 is 0 Å². The molecule has 1 aliphatic heterocycles. The molecule has 0 saturated carbocycles. The minimum absolute atomic E-state index is 0.0430. The van der Waals surface area contributed by atoms with Crippen molar-refractivity contribution in [3.05, 3.63) is 65.2 Å². The van der Waals surface area contributed by atoms with Crippen LogP contribution in [-0.2, 0) is 4.79 Å². The fourth-order valence-electron chi connectivity index (χ4n) is 3.76. The zero-order chi connectivity index (χ0) is 20.6. The van der Waals surface area contributed by atoms with E-state index in [0.717, 1.165) is 24.2 Å². The molecule has 0 aromatic heterocycles. The van der Waals surface area contributed by atoms with Gasteiger partial charge in [-0.25, -0.2) is 0 Å². The van der Waals surface area contributed by atoms with Crippen LogP contribution in [0.25, 0.3) is 6.08 Å². The van der Waals surface area contributed by atoms with Crippen molar-refractivity contribution in [3.8, 4) is 11.5 Å². The molecule has 3 rings (SSSR count). The molecular weight excluding hydrogens is 364 g/mol. The molecule has 1 N–H and O–H groups in total. The second kappa shape index (κ2) is 10.1. The molecule has 0 aliphatic carbocycles. The number of rotatable bonds is 8. The normalized spacial score (nSPS) is 15.8. The quantitative estimate of drug-likeness (QED) is 0.686. The zero-order valence-corrected chi connectivity index (χ0v) is 17.5. The molecule has 1 heterocycles. The molecule has 1 aliphatic rings.